The number of hydrogen-bond acceptors (Lipinski definition) is 5. The first-order valence-corrected chi connectivity index (χ1v) is 9.47. The van der Waals surface area contributed by atoms with Crippen LogP contribution in [0.2, 0.25) is 0 Å². The number of nitrogens with zero attached hydrogens (tertiary/aromatic N) is 3. The molecule has 6 nitrogen and oxygen atoms in total. The van der Waals surface area contributed by atoms with E-state index in [0.717, 1.165) is 12.1 Å². The van der Waals surface area contributed by atoms with Crippen molar-refractivity contribution in [2.45, 2.75) is 12.5 Å². The van der Waals surface area contributed by atoms with Crippen molar-refractivity contribution in [3.63, 3.8) is 0 Å². The van der Waals surface area contributed by atoms with E-state index in [2.05, 4.69) is 15.0 Å². The minimum atomic E-state index is -4.34. The number of rotatable bonds is 2. The zero-order chi connectivity index (χ0) is 18.3. The predicted octanol–water partition coefficient (Wildman–Crippen LogP) is 4.44. The summed E-state index contributed by atoms with van der Waals surface area (Å²) >= 11 is 34.6. The topological polar surface area (TPSA) is 93.0 Å². The molecule has 1 heterocycles. The van der Waals surface area contributed by atoms with Crippen LogP contribution in [0.1, 0.15) is 11.6 Å². The minimum absolute atomic E-state index is 0.0189. The van der Waals surface area contributed by atoms with Crippen molar-refractivity contribution >= 4 is 79.7 Å². The maximum absolute atomic E-state index is 11.1. The van der Waals surface area contributed by atoms with Crippen molar-refractivity contribution in [3.05, 3.63) is 35.9 Å². The lowest BCUT2D eigenvalue weighted by molar-refractivity contribution is 0.483. The van der Waals surface area contributed by atoms with Crippen LogP contribution in [-0.2, 0) is 17.7 Å². The summed E-state index contributed by atoms with van der Waals surface area (Å²) in [6.45, 7) is 0. The molecule has 0 aliphatic heterocycles. The molecule has 0 bridgehead atoms. The van der Waals surface area contributed by atoms with E-state index in [9.17, 15) is 8.42 Å². The molecule has 1 aromatic carbocycles. The first kappa shape index (κ1) is 20.2. The summed E-state index contributed by atoms with van der Waals surface area (Å²) in [6.07, 6.45) is 0. The molecule has 0 atom stereocenters. The molecular weight excluding hydrogens is 467 g/mol. The molecule has 2 aromatic rings. The maximum atomic E-state index is 11.1. The average Bonchev–Trinajstić information content (AvgIpc) is 2.44. The van der Waals surface area contributed by atoms with Gasteiger partial charge in [0.15, 0.2) is 17.5 Å². The Morgan fingerprint density at radius 2 is 1.21 bits per heavy atom. The number of benzene rings is 1. The molecule has 1 N–H and O–H groups in total. The van der Waals surface area contributed by atoms with E-state index in [4.69, 9.17) is 74.2 Å². The molecule has 0 radical (unpaired) electrons. The SMILES string of the molecule is O=S(=O)(O)c1ccc(-c2nc(C(Cl)(Cl)Cl)nc(C(Cl)(Cl)Cl)n2)cc1. The Morgan fingerprint density at radius 1 is 0.792 bits per heavy atom. The van der Waals surface area contributed by atoms with Crippen LogP contribution in [0.4, 0.5) is 0 Å². The molecule has 2 rings (SSSR count). The molecule has 0 aliphatic carbocycles. The summed E-state index contributed by atoms with van der Waals surface area (Å²) < 4.78 is 27.1. The normalized spacial score (nSPS) is 13.1. The number of aromatic nitrogens is 3. The minimum Gasteiger partial charge on any atom is -0.282 e. The summed E-state index contributed by atoms with van der Waals surface area (Å²) in [5.74, 6) is -0.579. The van der Waals surface area contributed by atoms with Crippen LogP contribution in [0.15, 0.2) is 29.2 Å². The van der Waals surface area contributed by atoms with E-state index in [1.54, 1.807) is 0 Å². The zero-order valence-electron chi connectivity index (χ0n) is 11.1. The van der Waals surface area contributed by atoms with Crippen LogP contribution in [0.25, 0.3) is 11.4 Å². The third kappa shape index (κ3) is 4.95. The van der Waals surface area contributed by atoms with Crippen LogP contribution in [-0.4, -0.2) is 27.9 Å². The first-order valence-electron chi connectivity index (χ1n) is 5.77. The van der Waals surface area contributed by atoms with Crippen molar-refractivity contribution in [3.8, 4) is 11.4 Å². The highest BCUT2D eigenvalue weighted by atomic mass is 35.6. The summed E-state index contributed by atoms with van der Waals surface area (Å²) in [7, 11) is -4.34. The fourth-order valence-electron chi connectivity index (χ4n) is 1.53. The van der Waals surface area contributed by atoms with Gasteiger partial charge in [-0.2, -0.15) is 8.42 Å². The maximum Gasteiger partial charge on any atom is 0.294 e. The molecule has 0 amide bonds. The van der Waals surface area contributed by atoms with Gasteiger partial charge in [-0.25, -0.2) is 15.0 Å². The van der Waals surface area contributed by atoms with E-state index in [0.29, 0.717) is 5.56 Å². The Hall–Kier alpha value is -0.120. The Balaban J connectivity index is 2.61. The van der Waals surface area contributed by atoms with Crippen LogP contribution >= 0.6 is 69.6 Å². The third-order valence-corrected chi connectivity index (χ3v) is 4.43. The molecule has 0 saturated heterocycles. The lowest BCUT2D eigenvalue weighted by Gasteiger charge is -2.15. The Morgan fingerprint density at radius 3 is 1.54 bits per heavy atom. The van der Waals surface area contributed by atoms with Gasteiger partial charge < -0.3 is 0 Å². The van der Waals surface area contributed by atoms with Crippen molar-refractivity contribution in [1.29, 1.82) is 0 Å². The second-order valence-electron chi connectivity index (χ2n) is 4.30. The predicted molar refractivity (Wildman–Crippen MR) is 93.6 cm³/mol. The lowest BCUT2D eigenvalue weighted by Crippen LogP contribution is -2.16. The second kappa shape index (κ2) is 6.89. The Labute approximate surface area is 166 Å². The number of alkyl halides is 6. The summed E-state index contributed by atoms with van der Waals surface area (Å²) in [5, 5.41) is 0. The Bertz CT molecular complexity index is 830. The van der Waals surface area contributed by atoms with Crippen LogP contribution in [0.5, 0.6) is 0 Å². The van der Waals surface area contributed by atoms with Gasteiger partial charge in [0.2, 0.25) is 7.59 Å². The van der Waals surface area contributed by atoms with Gasteiger partial charge in [0.1, 0.15) is 0 Å². The van der Waals surface area contributed by atoms with E-state index in [1.807, 2.05) is 0 Å². The molecular formula is C11H5Cl6N3O3S. The van der Waals surface area contributed by atoms with E-state index in [-0.39, 0.29) is 22.4 Å². The lowest BCUT2D eigenvalue weighted by atomic mass is 10.2. The second-order valence-corrected chi connectivity index (χ2v) is 10.3. The average molecular weight is 472 g/mol. The quantitative estimate of drug-likeness (QED) is 0.514. The van der Waals surface area contributed by atoms with Crippen LogP contribution in [0, 0.1) is 0 Å². The van der Waals surface area contributed by atoms with Gasteiger partial charge in [-0.1, -0.05) is 69.6 Å². The van der Waals surface area contributed by atoms with Gasteiger partial charge in [0.05, 0.1) is 4.90 Å². The fourth-order valence-corrected chi connectivity index (χ4v) is 2.52. The van der Waals surface area contributed by atoms with E-state index < -0.39 is 17.7 Å². The molecule has 130 valence electrons. The van der Waals surface area contributed by atoms with Crippen molar-refractivity contribution in [1.82, 2.24) is 15.0 Å². The van der Waals surface area contributed by atoms with Crippen LogP contribution < -0.4 is 0 Å². The summed E-state index contributed by atoms with van der Waals surface area (Å²) in [5.41, 5.74) is 0.316. The standard InChI is InChI=1S/C11H5Cl6N3O3S/c12-10(13,14)8-18-7(19-9(20-8)11(15,16)17)5-1-3-6(4-2-5)24(21,22)23/h1-4H,(H,21,22,23). The van der Waals surface area contributed by atoms with Crippen molar-refractivity contribution < 1.29 is 13.0 Å². The fraction of sp³-hybridized carbons (Fsp3) is 0.182. The van der Waals surface area contributed by atoms with Crippen LogP contribution in [0.3, 0.4) is 0 Å². The Kier molecular flexibility index (Phi) is 5.80. The van der Waals surface area contributed by atoms with Gasteiger partial charge in [-0.3, -0.25) is 4.55 Å². The van der Waals surface area contributed by atoms with Gasteiger partial charge >= 0.3 is 0 Å². The monoisotopic (exact) mass is 469 g/mol. The molecule has 24 heavy (non-hydrogen) atoms. The highest BCUT2D eigenvalue weighted by Gasteiger charge is 2.34. The molecule has 1 aromatic heterocycles. The highest BCUT2D eigenvalue weighted by Crippen LogP contribution is 2.40. The van der Waals surface area contributed by atoms with Gasteiger partial charge in [0.25, 0.3) is 10.1 Å². The van der Waals surface area contributed by atoms with Crippen molar-refractivity contribution in [2.75, 3.05) is 0 Å². The van der Waals surface area contributed by atoms with Gasteiger partial charge in [-0.15, -0.1) is 0 Å². The van der Waals surface area contributed by atoms with Gasteiger partial charge in [0, 0.05) is 5.56 Å². The third-order valence-electron chi connectivity index (χ3n) is 2.55. The number of hydrogen-bond donors (Lipinski definition) is 1. The van der Waals surface area contributed by atoms with Gasteiger partial charge in [-0.05, 0) is 24.3 Å². The smallest absolute Gasteiger partial charge is 0.282 e. The molecule has 0 unspecified atom stereocenters. The molecule has 0 spiro atoms. The zero-order valence-corrected chi connectivity index (χ0v) is 16.4. The van der Waals surface area contributed by atoms with Crippen molar-refractivity contribution in [2.24, 2.45) is 0 Å². The summed E-state index contributed by atoms with van der Waals surface area (Å²) in [6, 6.07) is 4.92. The largest absolute Gasteiger partial charge is 0.294 e. The molecule has 0 aliphatic rings. The highest BCUT2D eigenvalue weighted by molar-refractivity contribution is 7.85. The first-order chi connectivity index (χ1) is 10.8. The summed E-state index contributed by atoms with van der Waals surface area (Å²) in [4.78, 5) is 11.4. The molecule has 0 saturated carbocycles. The van der Waals surface area contributed by atoms with E-state index in [1.165, 1.54) is 12.1 Å². The molecule has 13 heteroatoms. The van der Waals surface area contributed by atoms with E-state index >= 15 is 0 Å². The number of halogens is 6. The molecule has 0 fully saturated rings.